The van der Waals surface area contributed by atoms with Crippen molar-refractivity contribution < 1.29 is 9.26 Å². The number of fused-ring (bicyclic) bond motifs is 1. The maximum Gasteiger partial charge on any atom is 0.256 e. The van der Waals surface area contributed by atoms with Crippen molar-refractivity contribution in [3.05, 3.63) is 58.9 Å². The monoisotopic (exact) mass is 468 g/mol. The summed E-state index contributed by atoms with van der Waals surface area (Å²) < 4.78 is 13.6. The molecule has 0 spiro atoms. The molecule has 1 aliphatic rings. The van der Waals surface area contributed by atoms with Gasteiger partial charge in [-0.15, -0.1) is 0 Å². The molecule has 168 valence electrons. The zero-order chi connectivity index (χ0) is 22.0. The van der Waals surface area contributed by atoms with E-state index in [-0.39, 0.29) is 19.6 Å². The standard InChI is InChI=1S/C24H27N4O2P.H2S/c1-5-13-28(31)21-11-10-17-18(21)7-6-8-19(17)23-26-24(30-27-23)16-9-12-22(29-15(2)3)20(14-16)25-4;/h6-9,12,14-15,21H,5,10-11,13,31H2,1-3H3;1H2/t21-;/m0./s1. The van der Waals surface area contributed by atoms with E-state index >= 15 is 0 Å². The molecule has 1 unspecified atom stereocenters. The summed E-state index contributed by atoms with van der Waals surface area (Å²) in [6.07, 6.45) is 3.21. The van der Waals surface area contributed by atoms with E-state index in [0.717, 1.165) is 31.4 Å². The Morgan fingerprint density at radius 2 is 2.12 bits per heavy atom. The van der Waals surface area contributed by atoms with Gasteiger partial charge in [0.05, 0.1) is 12.7 Å². The van der Waals surface area contributed by atoms with Gasteiger partial charge in [0.2, 0.25) is 11.5 Å². The van der Waals surface area contributed by atoms with Crippen molar-refractivity contribution in [2.45, 2.75) is 52.2 Å². The van der Waals surface area contributed by atoms with Crippen LogP contribution in [0.5, 0.6) is 5.75 Å². The fourth-order valence-electron chi connectivity index (χ4n) is 4.14. The van der Waals surface area contributed by atoms with Crippen molar-refractivity contribution in [2.24, 2.45) is 0 Å². The Hall–Kier alpha value is -2.39. The van der Waals surface area contributed by atoms with Crippen LogP contribution in [0.1, 0.15) is 50.8 Å². The third-order valence-electron chi connectivity index (χ3n) is 5.48. The van der Waals surface area contributed by atoms with Gasteiger partial charge in [-0.1, -0.05) is 39.7 Å². The molecule has 0 amide bonds. The second-order valence-electron chi connectivity index (χ2n) is 8.05. The van der Waals surface area contributed by atoms with E-state index in [2.05, 4.69) is 54.2 Å². The summed E-state index contributed by atoms with van der Waals surface area (Å²) in [6.45, 7) is 14.6. The second-order valence-corrected chi connectivity index (χ2v) is 8.71. The van der Waals surface area contributed by atoms with Crippen LogP contribution in [0.2, 0.25) is 0 Å². The second kappa shape index (κ2) is 10.5. The van der Waals surface area contributed by atoms with Crippen molar-refractivity contribution in [1.29, 1.82) is 0 Å². The third-order valence-corrected chi connectivity index (χ3v) is 6.10. The Morgan fingerprint density at radius 3 is 2.84 bits per heavy atom. The molecular formula is C24H29N4O2PS. The largest absolute Gasteiger partial charge is 0.502 e. The minimum Gasteiger partial charge on any atom is -0.502 e. The maximum atomic E-state index is 7.47. The first-order chi connectivity index (χ1) is 15.0. The van der Waals surface area contributed by atoms with Gasteiger partial charge in [0.15, 0.2) is 0 Å². The normalized spacial score (nSPS) is 14.8. The fourth-order valence-corrected chi connectivity index (χ4v) is 4.71. The van der Waals surface area contributed by atoms with Crippen molar-refractivity contribution in [1.82, 2.24) is 14.8 Å². The van der Waals surface area contributed by atoms with E-state index in [1.807, 2.05) is 19.9 Å². The predicted octanol–water partition coefficient (Wildman–Crippen LogP) is 6.34. The highest BCUT2D eigenvalue weighted by atomic mass is 32.1. The molecular weight excluding hydrogens is 439 g/mol. The Balaban J connectivity index is 0.00000289. The van der Waals surface area contributed by atoms with Crippen LogP contribution >= 0.6 is 22.9 Å². The molecule has 0 radical (unpaired) electrons. The quantitative estimate of drug-likeness (QED) is 0.299. The molecule has 0 fully saturated rings. The molecule has 0 saturated carbocycles. The van der Waals surface area contributed by atoms with Gasteiger partial charge < -0.3 is 9.26 Å². The lowest BCUT2D eigenvalue weighted by Crippen LogP contribution is -2.17. The van der Waals surface area contributed by atoms with Crippen LogP contribution in [0, 0.1) is 6.57 Å². The van der Waals surface area contributed by atoms with Gasteiger partial charge in [0.25, 0.3) is 5.89 Å². The highest BCUT2D eigenvalue weighted by Crippen LogP contribution is 2.42. The van der Waals surface area contributed by atoms with E-state index in [0.29, 0.717) is 34.8 Å². The van der Waals surface area contributed by atoms with E-state index in [4.69, 9.17) is 15.8 Å². The van der Waals surface area contributed by atoms with Gasteiger partial charge in [-0.2, -0.15) is 18.5 Å². The summed E-state index contributed by atoms with van der Waals surface area (Å²) in [5, 5.41) is 4.26. The summed E-state index contributed by atoms with van der Waals surface area (Å²) in [5.74, 6) is 1.56. The average molecular weight is 469 g/mol. The van der Waals surface area contributed by atoms with Gasteiger partial charge in [-0.05, 0) is 62.4 Å². The first-order valence-electron chi connectivity index (χ1n) is 10.7. The Bertz CT molecular complexity index is 1130. The summed E-state index contributed by atoms with van der Waals surface area (Å²) in [7, 11) is 2.88. The molecule has 0 aliphatic heterocycles. The van der Waals surface area contributed by atoms with E-state index < -0.39 is 0 Å². The smallest absolute Gasteiger partial charge is 0.256 e. The third kappa shape index (κ3) is 4.83. The zero-order valence-corrected chi connectivity index (χ0v) is 20.8. The summed E-state index contributed by atoms with van der Waals surface area (Å²) in [5.41, 5.74) is 4.81. The molecule has 0 saturated heterocycles. The van der Waals surface area contributed by atoms with Crippen LogP contribution in [0.25, 0.3) is 27.7 Å². The zero-order valence-electron chi connectivity index (χ0n) is 18.6. The molecule has 32 heavy (non-hydrogen) atoms. The molecule has 1 heterocycles. The van der Waals surface area contributed by atoms with Crippen LogP contribution in [0.3, 0.4) is 0 Å². The Morgan fingerprint density at radius 1 is 1.31 bits per heavy atom. The SMILES string of the molecule is S.[C-]#[N+]c1cc(-c2nc(-c3cccc4c3CC[C@@H]4N(P)CCC)no2)ccc1OC(C)C. The van der Waals surface area contributed by atoms with E-state index in [1.54, 1.807) is 12.1 Å². The molecule has 2 atom stereocenters. The molecule has 6 nitrogen and oxygen atoms in total. The lowest BCUT2D eigenvalue weighted by atomic mass is 10.0. The lowest BCUT2D eigenvalue weighted by molar-refractivity contribution is 0.244. The highest BCUT2D eigenvalue weighted by Gasteiger charge is 2.29. The molecule has 4 rings (SSSR count). The highest BCUT2D eigenvalue weighted by molar-refractivity contribution is 7.59. The molecule has 8 heteroatoms. The number of benzene rings is 2. The summed E-state index contributed by atoms with van der Waals surface area (Å²) >= 11 is 0. The van der Waals surface area contributed by atoms with Gasteiger partial charge in [-0.3, -0.25) is 4.67 Å². The predicted molar refractivity (Wildman–Crippen MR) is 135 cm³/mol. The van der Waals surface area contributed by atoms with Crippen LogP contribution in [-0.2, 0) is 6.42 Å². The lowest BCUT2D eigenvalue weighted by Gasteiger charge is -2.24. The molecule has 1 aromatic heterocycles. The van der Waals surface area contributed by atoms with Crippen molar-refractivity contribution in [2.75, 3.05) is 6.54 Å². The van der Waals surface area contributed by atoms with Crippen molar-refractivity contribution in [3.8, 4) is 28.6 Å². The van der Waals surface area contributed by atoms with Crippen LogP contribution in [-0.4, -0.2) is 27.5 Å². The van der Waals surface area contributed by atoms with Crippen LogP contribution in [0.15, 0.2) is 40.9 Å². The molecule has 0 N–H and O–H groups in total. The first kappa shape index (κ1) is 24.3. The van der Waals surface area contributed by atoms with Crippen molar-refractivity contribution >= 4 is 28.6 Å². The fraction of sp³-hybridized carbons (Fsp3) is 0.375. The van der Waals surface area contributed by atoms with E-state index in [1.165, 1.54) is 11.1 Å². The molecule has 0 bridgehead atoms. The van der Waals surface area contributed by atoms with E-state index in [9.17, 15) is 0 Å². The Kier molecular flexibility index (Phi) is 7.95. The van der Waals surface area contributed by atoms with Gasteiger partial charge in [0.1, 0.15) is 5.75 Å². The maximum absolute atomic E-state index is 7.47. The summed E-state index contributed by atoms with van der Waals surface area (Å²) in [4.78, 5) is 8.25. The van der Waals surface area contributed by atoms with Gasteiger partial charge in [0, 0.05) is 23.7 Å². The average Bonchev–Trinajstić information content (AvgIpc) is 3.41. The van der Waals surface area contributed by atoms with Crippen LogP contribution in [0.4, 0.5) is 5.69 Å². The van der Waals surface area contributed by atoms with Gasteiger partial charge >= 0.3 is 0 Å². The molecule has 3 aromatic rings. The first-order valence-corrected chi connectivity index (χ1v) is 11.2. The molecule has 2 aromatic carbocycles. The number of hydrogen-bond acceptors (Lipinski definition) is 5. The number of rotatable bonds is 7. The Labute approximate surface area is 198 Å². The van der Waals surface area contributed by atoms with Gasteiger partial charge in [-0.25, -0.2) is 4.85 Å². The van der Waals surface area contributed by atoms with Crippen LogP contribution < -0.4 is 4.74 Å². The minimum atomic E-state index is 0. The molecule has 1 aliphatic carbocycles. The minimum absolute atomic E-state index is 0. The van der Waals surface area contributed by atoms with Crippen molar-refractivity contribution in [3.63, 3.8) is 0 Å². The number of hydrogen-bond donors (Lipinski definition) is 0. The number of ether oxygens (including phenoxy) is 1. The summed E-state index contributed by atoms with van der Waals surface area (Å²) in [6, 6.07) is 12.1. The number of aromatic nitrogens is 2. The number of nitrogens with zero attached hydrogens (tertiary/aromatic N) is 4. The topological polar surface area (TPSA) is 55.8 Å².